The number of rotatable bonds is 7. The van der Waals surface area contributed by atoms with E-state index < -0.39 is 0 Å². The minimum atomic E-state index is -0.107. The van der Waals surface area contributed by atoms with Gasteiger partial charge in [0.1, 0.15) is 5.75 Å². The number of benzene rings is 2. The molecule has 116 valence electrons. The Balaban J connectivity index is 1.97. The van der Waals surface area contributed by atoms with Crippen molar-refractivity contribution in [2.45, 2.75) is 26.8 Å². The summed E-state index contributed by atoms with van der Waals surface area (Å²) in [7, 11) is 0. The van der Waals surface area contributed by atoms with E-state index in [1.807, 2.05) is 48.5 Å². The van der Waals surface area contributed by atoms with Crippen LogP contribution in [0.5, 0.6) is 5.75 Å². The van der Waals surface area contributed by atoms with E-state index in [1.165, 1.54) is 0 Å². The zero-order chi connectivity index (χ0) is 15.8. The lowest BCUT2D eigenvalue weighted by Gasteiger charge is -2.12. The fraction of sp³-hybridized carbons (Fsp3) is 0.316. The van der Waals surface area contributed by atoms with Crippen molar-refractivity contribution in [2.24, 2.45) is 5.92 Å². The van der Waals surface area contributed by atoms with Crippen LogP contribution in [0.1, 0.15) is 36.2 Å². The highest BCUT2D eigenvalue weighted by Crippen LogP contribution is 2.18. The number of ether oxygens (including phenoxy) is 1. The SMILES string of the molecule is CC(C)CCOc1ccccc1C(=O)NCc1ccccc1. The first-order valence-corrected chi connectivity index (χ1v) is 7.71. The van der Waals surface area contributed by atoms with E-state index in [2.05, 4.69) is 19.2 Å². The molecule has 0 radical (unpaired) electrons. The molecule has 0 saturated heterocycles. The smallest absolute Gasteiger partial charge is 0.255 e. The van der Waals surface area contributed by atoms with Gasteiger partial charge in [0, 0.05) is 6.54 Å². The summed E-state index contributed by atoms with van der Waals surface area (Å²) < 4.78 is 5.76. The largest absolute Gasteiger partial charge is 0.493 e. The number of nitrogens with one attached hydrogen (secondary N) is 1. The Morgan fingerprint density at radius 3 is 2.45 bits per heavy atom. The maximum atomic E-state index is 12.3. The summed E-state index contributed by atoms with van der Waals surface area (Å²) in [5.74, 6) is 1.12. The zero-order valence-corrected chi connectivity index (χ0v) is 13.2. The van der Waals surface area contributed by atoms with Crippen LogP contribution in [-0.4, -0.2) is 12.5 Å². The van der Waals surface area contributed by atoms with Crippen molar-refractivity contribution in [1.29, 1.82) is 0 Å². The maximum Gasteiger partial charge on any atom is 0.255 e. The monoisotopic (exact) mass is 297 g/mol. The lowest BCUT2D eigenvalue weighted by atomic mass is 10.1. The molecule has 22 heavy (non-hydrogen) atoms. The molecule has 0 aromatic heterocycles. The molecule has 1 amide bonds. The highest BCUT2D eigenvalue weighted by molar-refractivity contribution is 5.96. The number of amides is 1. The summed E-state index contributed by atoms with van der Waals surface area (Å²) in [4.78, 5) is 12.3. The van der Waals surface area contributed by atoms with Crippen LogP contribution in [0.4, 0.5) is 0 Å². The van der Waals surface area contributed by atoms with Gasteiger partial charge >= 0.3 is 0 Å². The molecule has 1 N–H and O–H groups in total. The topological polar surface area (TPSA) is 38.3 Å². The predicted molar refractivity (Wildman–Crippen MR) is 89.0 cm³/mol. The second-order valence-corrected chi connectivity index (χ2v) is 5.70. The minimum Gasteiger partial charge on any atom is -0.493 e. The molecule has 3 nitrogen and oxygen atoms in total. The van der Waals surface area contributed by atoms with Crippen molar-refractivity contribution in [2.75, 3.05) is 6.61 Å². The van der Waals surface area contributed by atoms with Gasteiger partial charge < -0.3 is 10.1 Å². The van der Waals surface area contributed by atoms with Gasteiger partial charge in [-0.15, -0.1) is 0 Å². The fourth-order valence-electron chi connectivity index (χ4n) is 2.06. The van der Waals surface area contributed by atoms with Gasteiger partial charge in [-0.3, -0.25) is 4.79 Å². The van der Waals surface area contributed by atoms with Crippen molar-refractivity contribution < 1.29 is 9.53 Å². The summed E-state index contributed by atoms with van der Waals surface area (Å²) in [6, 6.07) is 17.3. The van der Waals surface area contributed by atoms with Crippen LogP contribution in [0.15, 0.2) is 54.6 Å². The molecule has 0 atom stereocenters. The molecule has 3 heteroatoms. The van der Waals surface area contributed by atoms with Gasteiger partial charge in [-0.1, -0.05) is 56.3 Å². The summed E-state index contributed by atoms with van der Waals surface area (Å²) in [6.45, 7) is 5.45. The molecule has 2 aromatic carbocycles. The predicted octanol–water partition coefficient (Wildman–Crippen LogP) is 4.04. The third kappa shape index (κ3) is 4.92. The van der Waals surface area contributed by atoms with Crippen molar-refractivity contribution in [3.05, 3.63) is 65.7 Å². The Labute approximate surface area is 132 Å². The van der Waals surface area contributed by atoms with Gasteiger partial charge in [0.2, 0.25) is 0 Å². The van der Waals surface area contributed by atoms with Gasteiger partial charge in [0.05, 0.1) is 12.2 Å². The van der Waals surface area contributed by atoms with Crippen molar-refractivity contribution in [3.8, 4) is 5.75 Å². The number of hydrogen-bond donors (Lipinski definition) is 1. The third-order valence-corrected chi connectivity index (χ3v) is 3.38. The molecule has 0 fully saturated rings. The van der Waals surface area contributed by atoms with Gasteiger partial charge in [0.15, 0.2) is 0 Å². The van der Waals surface area contributed by atoms with Gasteiger partial charge in [-0.05, 0) is 30.0 Å². The fourth-order valence-corrected chi connectivity index (χ4v) is 2.06. The first-order valence-electron chi connectivity index (χ1n) is 7.71. The Hall–Kier alpha value is -2.29. The standard InChI is InChI=1S/C19H23NO2/c1-15(2)12-13-22-18-11-7-6-10-17(18)19(21)20-14-16-8-4-3-5-9-16/h3-11,15H,12-14H2,1-2H3,(H,20,21). The van der Waals surface area contributed by atoms with Crippen molar-refractivity contribution in [3.63, 3.8) is 0 Å². The van der Waals surface area contributed by atoms with E-state index in [0.29, 0.717) is 30.4 Å². The average Bonchev–Trinajstić information content (AvgIpc) is 2.54. The van der Waals surface area contributed by atoms with Crippen LogP contribution in [0.3, 0.4) is 0 Å². The quantitative estimate of drug-likeness (QED) is 0.837. The molecule has 0 aliphatic carbocycles. The molecular weight excluding hydrogens is 274 g/mol. The number of para-hydroxylation sites is 1. The van der Waals surface area contributed by atoms with E-state index in [-0.39, 0.29) is 5.91 Å². The van der Waals surface area contributed by atoms with E-state index in [1.54, 1.807) is 6.07 Å². The molecule has 0 heterocycles. The molecule has 0 aliphatic heterocycles. The van der Waals surface area contributed by atoms with E-state index >= 15 is 0 Å². The number of carbonyl (C=O) groups excluding carboxylic acids is 1. The van der Waals surface area contributed by atoms with Crippen LogP contribution >= 0.6 is 0 Å². The first-order chi connectivity index (χ1) is 10.7. The van der Waals surface area contributed by atoms with Gasteiger partial charge in [-0.25, -0.2) is 0 Å². The normalized spacial score (nSPS) is 10.5. The summed E-state index contributed by atoms with van der Waals surface area (Å²) in [6.07, 6.45) is 0.972. The van der Waals surface area contributed by atoms with Crippen LogP contribution in [0.25, 0.3) is 0 Å². The number of hydrogen-bond acceptors (Lipinski definition) is 2. The molecule has 0 aliphatic rings. The molecule has 0 unspecified atom stereocenters. The minimum absolute atomic E-state index is 0.107. The molecule has 2 rings (SSSR count). The average molecular weight is 297 g/mol. The third-order valence-electron chi connectivity index (χ3n) is 3.38. The summed E-state index contributed by atoms with van der Waals surface area (Å²) >= 11 is 0. The van der Waals surface area contributed by atoms with E-state index in [9.17, 15) is 4.79 Å². The van der Waals surface area contributed by atoms with Crippen molar-refractivity contribution >= 4 is 5.91 Å². The Morgan fingerprint density at radius 2 is 1.73 bits per heavy atom. The first kappa shape index (κ1) is 16.1. The summed E-state index contributed by atoms with van der Waals surface area (Å²) in [5, 5.41) is 2.94. The maximum absolute atomic E-state index is 12.3. The van der Waals surface area contributed by atoms with Gasteiger partial charge in [-0.2, -0.15) is 0 Å². The zero-order valence-electron chi connectivity index (χ0n) is 13.2. The van der Waals surface area contributed by atoms with Crippen molar-refractivity contribution in [1.82, 2.24) is 5.32 Å². The molecular formula is C19H23NO2. The molecule has 0 spiro atoms. The lowest BCUT2D eigenvalue weighted by Crippen LogP contribution is -2.23. The van der Waals surface area contributed by atoms with Crippen LogP contribution in [-0.2, 0) is 6.54 Å². The van der Waals surface area contributed by atoms with Crippen LogP contribution in [0.2, 0.25) is 0 Å². The Bertz CT molecular complexity index is 593. The van der Waals surface area contributed by atoms with Gasteiger partial charge in [0.25, 0.3) is 5.91 Å². The number of carbonyl (C=O) groups is 1. The Kier molecular flexibility index (Phi) is 6.01. The highest BCUT2D eigenvalue weighted by Gasteiger charge is 2.11. The van der Waals surface area contributed by atoms with E-state index in [4.69, 9.17) is 4.74 Å². The second kappa shape index (κ2) is 8.23. The molecule has 2 aromatic rings. The van der Waals surface area contributed by atoms with Crippen LogP contribution in [0, 0.1) is 5.92 Å². The Morgan fingerprint density at radius 1 is 1.05 bits per heavy atom. The van der Waals surface area contributed by atoms with Crippen LogP contribution < -0.4 is 10.1 Å². The molecule has 0 bridgehead atoms. The van der Waals surface area contributed by atoms with E-state index in [0.717, 1.165) is 12.0 Å². The second-order valence-electron chi connectivity index (χ2n) is 5.70. The lowest BCUT2D eigenvalue weighted by molar-refractivity contribution is 0.0946. The molecule has 0 saturated carbocycles. The highest BCUT2D eigenvalue weighted by atomic mass is 16.5. The summed E-state index contributed by atoms with van der Waals surface area (Å²) in [5.41, 5.74) is 1.66.